The van der Waals surface area contributed by atoms with Crippen LogP contribution in [0, 0.1) is 0 Å². The molecule has 0 aliphatic carbocycles. The Hall–Kier alpha value is -0.900. The van der Waals surface area contributed by atoms with Crippen molar-refractivity contribution >= 4 is 0 Å². The number of nitrogens with one attached hydrogen (secondary N) is 1. The van der Waals surface area contributed by atoms with Crippen LogP contribution in [0.3, 0.4) is 0 Å². The summed E-state index contributed by atoms with van der Waals surface area (Å²) in [5.41, 5.74) is 1.38. The molecule has 0 aromatic heterocycles. The minimum atomic E-state index is -0.0582. The van der Waals surface area contributed by atoms with Crippen LogP contribution in [-0.2, 0) is 11.3 Å². The molecule has 0 radical (unpaired) electrons. The summed E-state index contributed by atoms with van der Waals surface area (Å²) in [6.45, 7) is 9.79. The van der Waals surface area contributed by atoms with Gasteiger partial charge in [-0.25, -0.2) is 0 Å². The number of rotatable bonds is 2. The molecule has 1 aromatic carbocycles. The number of nitrogens with zero attached hydrogens (tertiary/aromatic N) is 1. The van der Waals surface area contributed by atoms with Gasteiger partial charge in [0.1, 0.15) is 0 Å². The van der Waals surface area contributed by atoms with Crippen LogP contribution in [0.15, 0.2) is 30.3 Å². The van der Waals surface area contributed by atoms with E-state index in [1.807, 2.05) is 0 Å². The molecule has 1 aromatic rings. The molecule has 3 nitrogen and oxygen atoms in total. The molecule has 1 unspecified atom stereocenters. The molecule has 1 N–H and O–H groups in total. The third-order valence-electron chi connectivity index (χ3n) is 4.60. The maximum Gasteiger partial charge on any atom is 0.0829 e. The lowest BCUT2D eigenvalue weighted by atomic mass is 9.89. The van der Waals surface area contributed by atoms with Crippen LogP contribution in [-0.4, -0.2) is 42.3 Å². The van der Waals surface area contributed by atoms with Crippen molar-refractivity contribution in [2.75, 3.05) is 26.2 Å². The van der Waals surface area contributed by atoms with Crippen LogP contribution in [0.2, 0.25) is 0 Å². The maximum atomic E-state index is 6.57. The van der Waals surface area contributed by atoms with Gasteiger partial charge in [0.05, 0.1) is 11.2 Å². The number of hydrogen-bond acceptors (Lipinski definition) is 3. The van der Waals surface area contributed by atoms with Gasteiger partial charge in [0.2, 0.25) is 0 Å². The fourth-order valence-corrected chi connectivity index (χ4v) is 3.97. The SMILES string of the molecule is CC1(C)CN(Cc2ccccc2)CC2(CCCNCC2)O1. The summed E-state index contributed by atoms with van der Waals surface area (Å²) in [5.74, 6) is 0. The van der Waals surface area contributed by atoms with Gasteiger partial charge in [-0.15, -0.1) is 0 Å². The Morgan fingerprint density at radius 3 is 2.71 bits per heavy atom. The van der Waals surface area contributed by atoms with Crippen molar-refractivity contribution < 1.29 is 4.74 Å². The zero-order valence-corrected chi connectivity index (χ0v) is 13.4. The Morgan fingerprint density at radius 2 is 1.90 bits per heavy atom. The first-order valence-corrected chi connectivity index (χ1v) is 8.24. The molecule has 2 heterocycles. The van der Waals surface area contributed by atoms with E-state index in [4.69, 9.17) is 4.74 Å². The molecule has 3 heteroatoms. The molecule has 0 saturated carbocycles. The molecule has 3 rings (SSSR count). The average molecular weight is 288 g/mol. The van der Waals surface area contributed by atoms with Gasteiger partial charge in [-0.2, -0.15) is 0 Å². The van der Waals surface area contributed by atoms with Gasteiger partial charge in [0.15, 0.2) is 0 Å². The van der Waals surface area contributed by atoms with Crippen molar-refractivity contribution in [3.63, 3.8) is 0 Å². The Labute approximate surface area is 128 Å². The standard InChI is InChI=1S/C18H28N2O/c1-17(2)14-20(13-16-7-4-3-5-8-16)15-18(21-17)9-6-11-19-12-10-18/h3-5,7-8,19H,6,9-15H2,1-2H3. The van der Waals surface area contributed by atoms with E-state index in [0.29, 0.717) is 0 Å². The van der Waals surface area contributed by atoms with Crippen molar-refractivity contribution in [3.05, 3.63) is 35.9 Å². The van der Waals surface area contributed by atoms with E-state index in [-0.39, 0.29) is 11.2 Å². The van der Waals surface area contributed by atoms with Crippen LogP contribution in [0.1, 0.15) is 38.7 Å². The third-order valence-corrected chi connectivity index (χ3v) is 4.60. The zero-order valence-electron chi connectivity index (χ0n) is 13.4. The van der Waals surface area contributed by atoms with Crippen LogP contribution >= 0.6 is 0 Å². The molecule has 1 atom stereocenters. The first kappa shape index (κ1) is 15.0. The predicted octanol–water partition coefficient (Wildman–Crippen LogP) is 2.81. The lowest BCUT2D eigenvalue weighted by Crippen LogP contribution is -2.59. The minimum Gasteiger partial charge on any atom is -0.366 e. The second kappa shape index (κ2) is 6.07. The Morgan fingerprint density at radius 1 is 1.10 bits per heavy atom. The second-order valence-corrected chi connectivity index (χ2v) is 7.28. The van der Waals surface area contributed by atoms with Crippen LogP contribution in [0.4, 0.5) is 0 Å². The molecular formula is C18H28N2O. The quantitative estimate of drug-likeness (QED) is 0.905. The van der Waals surface area contributed by atoms with Crippen molar-refractivity contribution in [1.29, 1.82) is 0 Å². The van der Waals surface area contributed by atoms with Crippen molar-refractivity contribution in [1.82, 2.24) is 10.2 Å². The molecule has 2 aliphatic heterocycles. The summed E-state index contributed by atoms with van der Waals surface area (Å²) in [4.78, 5) is 2.59. The molecule has 2 saturated heterocycles. The van der Waals surface area contributed by atoms with Crippen LogP contribution < -0.4 is 5.32 Å². The summed E-state index contributed by atoms with van der Waals surface area (Å²) in [5, 5.41) is 3.51. The van der Waals surface area contributed by atoms with E-state index in [0.717, 1.165) is 39.1 Å². The van der Waals surface area contributed by atoms with Gasteiger partial charge >= 0.3 is 0 Å². The Bertz CT molecular complexity index is 450. The van der Waals surface area contributed by atoms with E-state index in [9.17, 15) is 0 Å². The molecule has 2 fully saturated rings. The first-order chi connectivity index (χ1) is 10.1. The smallest absolute Gasteiger partial charge is 0.0829 e. The Kier molecular flexibility index (Phi) is 4.34. The van der Waals surface area contributed by atoms with Crippen LogP contribution in [0.25, 0.3) is 0 Å². The van der Waals surface area contributed by atoms with Crippen molar-refractivity contribution in [2.45, 2.75) is 50.9 Å². The molecule has 21 heavy (non-hydrogen) atoms. The minimum absolute atomic E-state index is 0.0417. The van der Waals surface area contributed by atoms with Gasteiger partial charge in [0, 0.05) is 19.6 Å². The summed E-state index contributed by atoms with van der Waals surface area (Å²) in [6.07, 6.45) is 3.52. The fraction of sp³-hybridized carbons (Fsp3) is 0.667. The molecule has 0 amide bonds. The lowest BCUT2D eigenvalue weighted by Gasteiger charge is -2.50. The highest BCUT2D eigenvalue weighted by Gasteiger charge is 2.43. The lowest BCUT2D eigenvalue weighted by molar-refractivity contribution is -0.202. The summed E-state index contributed by atoms with van der Waals surface area (Å²) >= 11 is 0. The van der Waals surface area contributed by atoms with E-state index in [2.05, 4.69) is 54.4 Å². The second-order valence-electron chi connectivity index (χ2n) is 7.28. The maximum absolute atomic E-state index is 6.57. The number of benzene rings is 1. The van der Waals surface area contributed by atoms with Gasteiger partial charge in [-0.1, -0.05) is 30.3 Å². The Balaban J connectivity index is 1.75. The van der Waals surface area contributed by atoms with Gasteiger partial charge in [0.25, 0.3) is 0 Å². The average Bonchev–Trinajstić information content (AvgIpc) is 2.63. The fourth-order valence-electron chi connectivity index (χ4n) is 3.97. The normalized spacial score (nSPS) is 30.2. The van der Waals surface area contributed by atoms with Crippen molar-refractivity contribution in [3.8, 4) is 0 Å². The number of morpholine rings is 1. The van der Waals surface area contributed by atoms with E-state index < -0.39 is 0 Å². The third kappa shape index (κ3) is 3.85. The van der Waals surface area contributed by atoms with E-state index in [1.165, 1.54) is 18.4 Å². The highest BCUT2D eigenvalue weighted by Crippen LogP contribution is 2.35. The number of ether oxygens (including phenoxy) is 1. The summed E-state index contributed by atoms with van der Waals surface area (Å²) in [6, 6.07) is 10.8. The first-order valence-electron chi connectivity index (χ1n) is 8.24. The highest BCUT2D eigenvalue weighted by molar-refractivity contribution is 5.15. The molecule has 1 spiro atoms. The van der Waals surface area contributed by atoms with Gasteiger partial charge < -0.3 is 10.1 Å². The topological polar surface area (TPSA) is 24.5 Å². The molecule has 116 valence electrons. The monoisotopic (exact) mass is 288 g/mol. The largest absolute Gasteiger partial charge is 0.366 e. The van der Waals surface area contributed by atoms with E-state index >= 15 is 0 Å². The summed E-state index contributed by atoms with van der Waals surface area (Å²) in [7, 11) is 0. The highest BCUT2D eigenvalue weighted by atomic mass is 16.5. The molecular weight excluding hydrogens is 260 g/mol. The van der Waals surface area contributed by atoms with E-state index in [1.54, 1.807) is 0 Å². The number of hydrogen-bond donors (Lipinski definition) is 1. The molecule has 0 bridgehead atoms. The van der Waals surface area contributed by atoms with Crippen LogP contribution in [0.5, 0.6) is 0 Å². The van der Waals surface area contributed by atoms with Crippen molar-refractivity contribution in [2.24, 2.45) is 0 Å². The molecule has 2 aliphatic rings. The predicted molar refractivity (Wildman–Crippen MR) is 86.3 cm³/mol. The summed E-state index contributed by atoms with van der Waals surface area (Å²) < 4.78 is 6.57. The van der Waals surface area contributed by atoms with Gasteiger partial charge in [-0.3, -0.25) is 4.90 Å². The zero-order chi connectivity index (χ0) is 14.8. The van der Waals surface area contributed by atoms with Gasteiger partial charge in [-0.05, 0) is 51.8 Å².